The zero-order valence-electron chi connectivity index (χ0n) is 40.6. The Labute approximate surface area is 382 Å². The van der Waals surface area contributed by atoms with Gasteiger partial charge in [-0.1, -0.05) is 189 Å². The molecular formula is C53H96N2O6P+. The summed E-state index contributed by atoms with van der Waals surface area (Å²) in [6.07, 6.45) is 61.0. The summed E-state index contributed by atoms with van der Waals surface area (Å²) in [6.45, 7) is 4.64. The number of phosphoric ester groups is 1. The van der Waals surface area contributed by atoms with E-state index in [9.17, 15) is 19.4 Å². The molecule has 8 nitrogen and oxygen atoms in total. The van der Waals surface area contributed by atoms with E-state index in [0.29, 0.717) is 17.4 Å². The fourth-order valence-electron chi connectivity index (χ4n) is 6.65. The normalized spacial score (nSPS) is 14.9. The highest BCUT2D eigenvalue weighted by Crippen LogP contribution is 2.43. The molecule has 0 spiro atoms. The van der Waals surface area contributed by atoms with Crippen LogP contribution >= 0.6 is 7.82 Å². The van der Waals surface area contributed by atoms with Crippen LogP contribution in [-0.2, 0) is 18.4 Å². The van der Waals surface area contributed by atoms with Crippen molar-refractivity contribution in [2.45, 2.75) is 206 Å². The number of aliphatic hydroxyl groups excluding tert-OH is 1. The van der Waals surface area contributed by atoms with Gasteiger partial charge in [-0.05, 0) is 83.5 Å². The number of carbonyl (C=O) groups is 1. The minimum absolute atomic E-state index is 0.0440. The second-order valence-corrected chi connectivity index (χ2v) is 19.2. The first-order valence-electron chi connectivity index (χ1n) is 25.0. The van der Waals surface area contributed by atoms with Gasteiger partial charge in [0.05, 0.1) is 39.9 Å². The monoisotopic (exact) mass is 888 g/mol. The van der Waals surface area contributed by atoms with Crippen molar-refractivity contribution >= 4 is 13.7 Å². The van der Waals surface area contributed by atoms with E-state index in [1.165, 1.54) is 89.9 Å². The van der Waals surface area contributed by atoms with Crippen LogP contribution in [0.1, 0.15) is 194 Å². The molecule has 0 aromatic rings. The third-order valence-corrected chi connectivity index (χ3v) is 11.6. The van der Waals surface area contributed by atoms with Gasteiger partial charge in [-0.3, -0.25) is 13.8 Å². The molecule has 1 amide bonds. The predicted molar refractivity (Wildman–Crippen MR) is 267 cm³/mol. The Morgan fingerprint density at radius 2 is 0.984 bits per heavy atom. The highest BCUT2D eigenvalue weighted by atomic mass is 31.2. The molecule has 0 rings (SSSR count). The molecular weight excluding hydrogens is 792 g/mol. The van der Waals surface area contributed by atoms with E-state index in [1.54, 1.807) is 6.08 Å². The van der Waals surface area contributed by atoms with Crippen molar-refractivity contribution < 1.29 is 32.9 Å². The first kappa shape index (κ1) is 59.7. The third kappa shape index (κ3) is 45.7. The number of quaternary nitrogens is 1. The molecule has 358 valence electrons. The first-order valence-corrected chi connectivity index (χ1v) is 26.5. The Morgan fingerprint density at radius 1 is 0.565 bits per heavy atom. The second-order valence-electron chi connectivity index (χ2n) is 17.8. The van der Waals surface area contributed by atoms with E-state index in [1.807, 2.05) is 27.2 Å². The summed E-state index contributed by atoms with van der Waals surface area (Å²) in [7, 11) is 1.52. The molecule has 0 radical (unpaired) electrons. The van der Waals surface area contributed by atoms with Crippen LogP contribution in [0, 0.1) is 0 Å². The van der Waals surface area contributed by atoms with Crippen LogP contribution in [0.15, 0.2) is 85.1 Å². The number of phosphoric acid groups is 1. The summed E-state index contributed by atoms with van der Waals surface area (Å²) in [6, 6.07) is -0.888. The molecule has 0 heterocycles. The summed E-state index contributed by atoms with van der Waals surface area (Å²) in [4.78, 5) is 23.2. The fraction of sp³-hybridized carbons (Fsp3) is 0.717. The Hall–Kier alpha value is -2.32. The number of nitrogens with zero attached hydrogens (tertiary/aromatic N) is 1. The average Bonchev–Trinajstić information content (AvgIpc) is 3.23. The SMILES string of the molecule is CC/C=C\C/C=C\C/C=C\C/C=C\CCCCCCC(=O)NC(COP(=O)(O)OCC[N+](C)(C)C)C(O)/C=C/CC/C=C/CC/C=C/CCCCCCCCCCCCCCC. The van der Waals surface area contributed by atoms with Crippen molar-refractivity contribution in [2.75, 3.05) is 40.9 Å². The van der Waals surface area contributed by atoms with Crippen LogP contribution in [0.4, 0.5) is 0 Å². The summed E-state index contributed by atoms with van der Waals surface area (Å²) < 4.78 is 23.6. The van der Waals surface area contributed by atoms with Gasteiger partial charge in [-0.25, -0.2) is 4.57 Å². The van der Waals surface area contributed by atoms with Gasteiger partial charge in [-0.15, -0.1) is 0 Å². The van der Waals surface area contributed by atoms with Crippen LogP contribution in [-0.4, -0.2) is 73.4 Å². The van der Waals surface area contributed by atoms with E-state index < -0.39 is 20.0 Å². The van der Waals surface area contributed by atoms with Gasteiger partial charge in [0.15, 0.2) is 0 Å². The molecule has 9 heteroatoms. The van der Waals surface area contributed by atoms with Crippen molar-refractivity contribution in [3.05, 3.63) is 85.1 Å². The number of nitrogens with one attached hydrogen (secondary N) is 1. The number of amides is 1. The lowest BCUT2D eigenvalue weighted by Crippen LogP contribution is -2.45. The summed E-state index contributed by atoms with van der Waals surface area (Å²) in [5, 5.41) is 13.8. The van der Waals surface area contributed by atoms with Crippen LogP contribution in [0.25, 0.3) is 0 Å². The van der Waals surface area contributed by atoms with E-state index in [-0.39, 0.29) is 19.1 Å². The van der Waals surface area contributed by atoms with Crippen molar-refractivity contribution in [2.24, 2.45) is 0 Å². The largest absolute Gasteiger partial charge is 0.472 e. The van der Waals surface area contributed by atoms with E-state index >= 15 is 0 Å². The van der Waals surface area contributed by atoms with Gasteiger partial charge in [0, 0.05) is 6.42 Å². The lowest BCUT2D eigenvalue weighted by molar-refractivity contribution is -0.870. The highest BCUT2D eigenvalue weighted by molar-refractivity contribution is 7.47. The molecule has 0 aromatic carbocycles. The van der Waals surface area contributed by atoms with Gasteiger partial charge in [0.2, 0.25) is 5.91 Å². The van der Waals surface area contributed by atoms with Crippen LogP contribution in [0.2, 0.25) is 0 Å². The number of allylic oxidation sites excluding steroid dienone is 13. The molecule has 0 saturated heterocycles. The maximum Gasteiger partial charge on any atom is 0.472 e. The maximum absolute atomic E-state index is 12.9. The predicted octanol–water partition coefficient (Wildman–Crippen LogP) is 14.5. The summed E-state index contributed by atoms with van der Waals surface area (Å²) >= 11 is 0. The molecule has 62 heavy (non-hydrogen) atoms. The average molecular weight is 888 g/mol. The van der Waals surface area contributed by atoms with Crippen LogP contribution in [0.3, 0.4) is 0 Å². The fourth-order valence-corrected chi connectivity index (χ4v) is 7.39. The molecule has 0 aromatic heterocycles. The zero-order chi connectivity index (χ0) is 45.7. The van der Waals surface area contributed by atoms with E-state index in [0.717, 1.165) is 83.5 Å². The number of hydrogen-bond acceptors (Lipinski definition) is 5. The number of carbonyl (C=O) groups excluding carboxylic acids is 1. The van der Waals surface area contributed by atoms with Crippen LogP contribution < -0.4 is 5.32 Å². The highest BCUT2D eigenvalue weighted by Gasteiger charge is 2.27. The van der Waals surface area contributed by atoms with Crippen molar-refractivity contribution in [1.29, 1.82) is 0 Å². The maximum atomic E-state index is 12.9. The molecule has 0 aliphatic heterocycles. The Balaban J connectivity index is 4.46. The van der Waals surface area contributed by atoms with Crippen molar-refractivity contribution in [3.63, 3.8) is 0 Å². The molecule has 3 unspecified atom stereocenters. The number of hydrogen-bond donors (Lipinski definition) is 3. The number of unbranched alkanes of at least 4 members (excludes halogenated alkanes) is 19. The molecule has 0 fully saturated rings. The Bertz CT molecular complexity index is 1280. The molecule has 0 bridgehead atoms. The smallest absolute Gasteiger partial charge is 0.387 e. The summed E-state index contributed by atoms with van der Waals surface area (Å²) in [5.41, 5.74) is 0. The van der Waals surface area contributed by atoms with Crippen molar-refractivity contribution in [3.8, 4) is 0 Å². The molecule has 0 aliphatic rings. The van der Waals surface area contributed by atoms with Gasteiger partial charge in [0.25, 0.3) is 0 Å². The van der Waals surface area contributed by atoms with E-state index in [4.69, 9.17) is 9.05 Å². The zero-order valence-corrected chi connectivity index (χ0v) is 41.5. The van der Waals surface area contributed by atoms with Crippen molar-refractivity contribution in [1.82, 2.24) is 5.32 Å². The Kier molecular flexibility index (Phi) is 42.3. The lowest BCUT2D eigenvalue weighted by Gasteiger charge is -2.25. The third-order valence-electron chi connectivity index (χ3n) is 10.6. The Morgan fingerprint density at radius 3 is 1.48 bits per heavy atom. The standard InChI is InChI=1S/C53H95N2O6P/c1-6-8-10-12-14-16-18-20-22-24-25-26-27-28-29-31-32-34-36-38-40-42-44-46-52(56)51(50-61-62(58,59)60-49-48-55(3,4)5)54-53(57)47-45-43-41-39-37-35-33-30-23-21-19-17-15-13-11-9-7-2/h9,11,15,17,21,23,29,31,33,35-36,38,44,46,51-52,56H,6-8,10,12-14,16,18-20,22,24-28,30,32,34,37,39-43,45,47-50H2,1-5H3,(H-,54,57,58,59)/p+1/b11-9-,17-15-,23-21-,31-29+,35-33-,38-36+,46-44+. The molecule has 3 atom stereocenters. The number of likely N-dealkylation sites (N-methyl/N-ethyl adjacent to an activating group) is 1. The minimum Gasteiger partial charge on any atom is -0.387 e. The summed E-state index contributed by atoms with van der Waals surface area (Å²) in [5.74, 6) is -0.218. The molecule has 0 saturated carbocycles. The topological polar surface area (TPSA) is 105 Å². The van der Waals surface area contributed by atoms with Gasteiger partial charge in [0.1, 0.15) is 13.2 Å². The van der Waals surface area contributed by atoms with Gasteiger partial charge < -0.3 is 19.8 Å². The second kappa shape index (κ2) is 43.9. The minimum atomic E-state index is -4.37. The van der Waals surface area contributed by atoms with Gasteiger partial charge >= 0.3 is 7.82 Å². The number of aliphatic hydroxyl groups is 1. The molecule has 0 aliphatic carbocycles. The lowest BCUT2D eigenvalue weighted by atomic mass is 10.0. The number of rotatable bonds is 44. The molecule has 3 N–H and O–H groups in total. The quantitative estimate of drug-likeness (QED) is 0.0244. The van der Waals surface area contributed by atoms with E-state index in [2.05, 4.69) is 92.1 Å². The van der Waals surface area contributed by atoms with Gasteiger partial charge in [-0.2, -0.15) is 0 Å². The van der Waals surface area contributed by atoms with Crippen LogP contribution in [0.5, 0.6) is 0 Å². The first-order chi connectivity index (χ1) is 30.0.